The number of aliphatic imine (C=N–C) groups is 1. The summed E-state index contributed by atoms with van der Waals surface area (Å²) in [5.41, 5.74) is 1.27. The van der Waals surface area contributed by atoms with Gasteiger partial charge in [0.05, 0.1) is 17.2 Å². The largest absolute Gasteiger partial charge is 0.302 e. The van der Waals surface area contributed by atoms with Gasteiger partial charge in [0.15, 0.2) is 5.13 Å². The molecule has 0 aliphatic carbocycles. The minimum absolute atomic E-state index is 0.0146. The Morgan fingerprint density at radius 3 is 3.08 bits per heavy atom. The van der Waals surface area contributed by atoms with E-state index in [0.717, 1.165) is 16.7 Å². The number of hydrogen-bond donors (Lipinski definition) is 1. The summed E-state index contributed by atoms with van der Waals surface area (Å²) in [7, 11) is 0. The summed E-state index contributed by atoms with van der Waals surface area (Å²) < 4.78 is 1.05. The van der Waals surface area contributed by atoms with Gasteiger partial charge in [-0.2, -0.15) is 0 Å². The molecule has 0 atom stereocenters. The summed E-state index contributed by atoms with van der Waals surface area (Å²) >= 11 is 4.62. The van der Waals surface area contributed by atoms with E-state index in [9.17, 15) is 14.9 Å². The number of nitro groups is 1. The van der Waals surface area contributed by atoms with Gasteiger partial charge >= 0.3 is 0 Å². The van der Waals surface area contributed by atoms with E-state index in [1.165, 1.54) is 23.5 Å². The maximum atomic E-state index is 12.0. The van der Waals surface area contributed by atoms with E-state index in [0.29, 0.717) is 28.6 Å². The molecule has 0 saturated carbocycles. The van der Waals surface area contributed by atoms with Gasteiger partial charge in [-0.3, -0.25) is 19.9 Å². The number of thiazole rings is 1. The minimum atomic E-state index is -0.441. The fourth-order valence-electron chi connectivity index (χ4n) is 2.06. The monoisotopic (exact) mass is 394 g/mol. The number of thioether (sulfide) groups is 2. The Balaban J connectivity index is 1.55. The molecule has 7 nitrogen and oxygen atoms in total. The SMILES string of the molecule is O=C(CCSC1=NCCS1)Nc1nc(-c2cccc([N+](=O)[O-])c2)cs1. The molecule has 10 heteroatoms. The van der Waals surface area contributed by atoms with Crippen LogP contribution in [0.25, 0.3) is 11.3 Å². The second-order valence-electron chi connectivity index (χ2n) is 4.99. The summed E-state index contributed by atoms with van der Waals surface area (Å²) in [6.45, 7) is 0.860. The number of amides is 1. The van der Waals surface area contributed by atoms with Crippen molar-refractivity contribution in [2.24, 2.45) is 4.99 Å². The number of aromatic nitrogens is 1. The van der Waals surface area contributed by atoms with Crippen LogP contribution in [0.5, 0.6) is 0 Å². The molecule has 0 spiro atoms. The van der Waals surface area contributed by atoms with Crippen molar-refractivity contribution in [3.8, 4) is 11.3 Å². The summed E-state index contributed by atoms with van der Waals surface area (Å²) in [6.07, 6.45) is 0.385. The van der Waals surface area contributed by atoms with Gasteiger partial charge in [0.2, 0.25) is 5.91 Å². The van der Waals surface area contributed by atoms with E-state index >= 15 is 0 Å². The zero-order chi connectivity index (χ0) is 17.6. The molecule has 3 rings (SSSR count). The lowest BCUT2D eigenvalue weighted by Crippen LogP contribution is -2.12. The molecular weight excluding hydrogens is 380 g/mol. The first kappa shape index (κ1) is 17.9. The fraction of sp³-hybridized carbons (Fsp3) is 0.267. The predicted molar refractivity (Wildman–Crippen MR) is 105 cm³/mol. The summed E-state index contributed by atoms with van der Waals surface area (Å²) in [6, 6.07) is 6.27. The number of nitrogens with zero attached hydrogens (tertiary/aromatic N) is 3. The molecule has 1 aliphatic heterocycles. The average Bonchev–Trinajstić information content (AvgIpc) is 3.27. The molecule has 2 heterocycles. The van der Waals surface area contributed by atoms with Crippen LogP contribution < -0.4 is 5.32 Å². The fourth-order valence-corrected chi connectivity index (χ4v) is 4.81. The highest BCUT2D eigenvalue weighted by atomic mass is 32.2. The van der Waals surface area contributed by atoms with Gasteiger partial charge < -0.3 is 5.32 Å². The first-order valence-electron chi connectivity index (χ1n) is 7.42. The maximum Gasteiger partial charge on any atom is 0.270 e. The van der Waals surface area contributed by atoms with Crippen LogP contribution in [0.2, 0.25) is 0 Å². The van der Waals surface area contributed by atoms with Crippen molar-refractivity contribution in [2.75, 3.05) is 23.4 Å². The smallest absolute Gasteiger partial charge is 0.270 e. The van der Waals surface area contributed by atoms with Gasteiger partial charge in [0.1, 0.15) is 4.38 Å². The molecule has 130 valence electrons. The summed E-state index contributed by atoms with van der Waals surface area (Å²) in [4.78, 5) is 31.1. The number of nitro benzene ring substituents is 1. The third kappa shape index (κ3) is 5.03. The second-order valence-corrected chi connectivity index (χ2v) is 8.27. The standard InChI is InChI=1S/C15H14N4O3S3/c20-13(4-6-23-15-16-5-7-24-15)18-14-17-12(9-25-14)10-2-1-3-11(8-10)19(21)22/h1-3,8-9H,4-7H2,(H,17,18,20). The highest BCUT2D eigenvalue weighted by molar-refractivity contribution is 8.39. The molecule has 1 amide bonds. The van der Waals surface area contributed by atoms with E-state index < -0.39 is 4.92 Å². The lowest BCUT2D eigenvalue weighted by molar-refractivity contribution is -0.384. The molecule has 25 heavy (non-hydrogen) atoms. The van der Waals surface area contributed by atoms with Crippen LogP contribution in [0.4, 0.5) is 10.8 Å². The molecule has 1 aromatic heterocycles. The van der Waals surface area contributed by atoms with Crippen molar-refractivity contribution in [1.29, 1.82) is 0 Å². The van der Waals surface area contributed by atoms with E-state index in [-0.39, 0.29) is 11.6 Å². The van der Waals surface area contributed by atoms with Gasteiger partial charge in [-0.15, -0.1) is 11.3 Å². The molecule has 0 bridgehead atoms. The van der Waals surface area contributed by atoms with Crippen LogP contribution in [-0.4, -0.2) is 38.2 Å². The van der Waals surface area contributed by atoms with Crippen molar-refractivity contribution < 1.29 is 9.72 Å². The molecule has 1 N–H and O–H groups in total. The topological polar surface area (TPSA) is 97.5 Å². The zero-order valence-corrected chi connectivity index (χ0v) is 15.5. The lowest BCUT2D eigenvalue weighted by Gasteiger charge is -2.01. The minimum Gasteiger partial charge on any atom is -0.302 e. The number of hydrogen-bond acceptors (Lipinski definition) is 8. The van der Waals surface area contributed by atoms with Crippen LogP contribution in [0.1, 0.15) is 6.42 Å². The summed E-state index contributed by atoms with van der Waals surface area (Å²) in [5, 5.41) is 15.9. The average molecular weight is 395 g/mol. The van der Waals surface area contributed by atoms with E-state index in [1.54, 1.807) is 41.0 Å². The molecule has 1 aromatic carbocycles. The van der Waals surface area contributed by atoms with Crippen molar-refractivity contribution in [2.45, 2.75) is 6.42 Å². The number of rotatable bonds is 6. The molecule has 2 aromatic rings. The predicted octanol–water partition coefficient (Wildman–Crippen LogP) is 3.88. The Kier molecular flexibility index (Phi) is 6.05. The molecule has 0 fully saturated rings. The van der Waals surface area contributed by atoms with Gasteiger partial charge in [-0.25, -0.2) is 4.98 Å². The van der Waals surface area contributed by atoms with Crippen molar-refractivity contribution >= 4 is 56.0 Å². The maximum absolute atomic E-state index is 12.0. The van der Waals surface area contributed by atoms with Crippen LogP contribution in [-0.2, 0) is 4.79 Å². The van der Waals surface area contributed by atoms with E-state index in [2.05, 4.69) is 15.3 Å². The number of non-ortho nitro benzene ring substituents is 1. The number of anilines is 1. The van der Waals surface area contributed by atoms with Gasteiger partial charge in [-0.05, 0) is 0 Å². The third-order valence-electron chi connectivity index (χ3n) is 3.22. The summed E-state index contributed by atoms with van der Waals surface area (Å²) in [5.74, 6) is 1.60. The third-order valence-corrected chi connectivity index (χ3v) is 6.23. The quantitative estimate of drug-likeness (QED) is 0.590. The Hall–Kier alpha value is -1.91. The van der Waals surface area contributed by atoms with Crippen LogP contribution >= 0.6 is 34.9 Å². The Bertz CT molecular complexity index is 822. The Morgan fingerprint density at radius 2 is 2.32 bits per heavy atom. The van der Waals surface area contributed by atoms with Crippen molar-refractivity contribution in [3.05, 3.63) is 39.8 Å². The van der Waals surface area contributed by atoms with Crippen LogP contribution in [0, 0.1) is 10.1 Å². The van der Waals surface area contributed by atoms with Crippen molar-refractivity contribution in [1.82, 2.24) is 4.98 Å². The number of benzene rings is 1. The highest BCUT2D eigenvalue weighted by Crippen LogP contribution is 2.28. The van der Waals surface area contributed by atoms with E-state index in [4.69, 9.17) is 0 Å². The first-order valence-corrected chi connectivity index (χ1v) is 10.3. The Morgan fingerprint density at radius 1 is 1.44 bits per heavy atom. The molecular formula is C15H14N4O3S3. The normalized spacial score (nSPS) is 13.5. The van der Waals surface area contributed by atoms with Gasteiger partial charge in [0.25, 0.3) is 5.69 Å². The first-order chi connectivity index (χ1) is 12.1. The zero-order valence-electron chi connectivity index (χ0n) is 13.0. The molecule has 0 unspecified atom stereocenters. The molecule has 0 radical (unpaired) electrons. The Labute approximate surface area is 156 Å². The highest BCUT2D eigenvalue weighted by Gasteiger charge is 2.12. The number of nitrogens with one attached hydrogen (secondary N) is 1. The molecule has 1 aliphatic rings. The van der Waals surface area contributed by atoms with Crippen molar-refractivity contribution in [3.63, 3.8) is 0 Å². The number of carbonyl (C=O) groups excluding carboxylic acids is 1. The van der Waals surface area contributed by atoms with Gasteiger partial charge in [-0.1, -0.05) is 35.7 Å². The van der Waals surface area contributed by atoms with E-state index in [1.807, 2.05) is 0 Å². The van der Waals surface area contributed by atoms with Crippen LogP contribution in [0.3, 0.4) is 0 Å². The number of carbonyl (C=O) groups is 1. The van der Waals surface area contributed by atoms with Crippen LogP contribution in [0.15, 0.2) is 34.6 Å². The second kappa shape index (κ2) is 8.45. The van der Waals surface area contributed by atoms with Gasteiger partial charge in [0, 0.05) is 41.0 Å². The lowest BCUT2D eigenvalue weighted by atomic mass is 10.1. The molecule has 0 saturated heterocycles.